The van der Waals surface area contributed by atoms with Crippen molar-refractivity contribution < 1.29 is 52.2 Å². The van der Waals surface area contributed by atoms with Gasteiger partial charge in [0.2, 0.25) is 0 Å². The van der Waals surface area contributed by atoms with Crippen LogP contribution in [-0.4, -0.2) is 66.5 Å². The van der Waals surface area contributed by atoms with Crippen LogP contribution in [0.1, 0.15) is 213 Å². The predicted molar refractivity (Wildman–Crippen MR) is 306 cm³/mol. The Bertz CT molecular complexity index is 1700. The largest absolute Gasteiger partial charge is 0.472 e. The van der Waals surface area contributed by atoms with E-state index in [1.165, 1.54) is 57.8 Å². The summed E-state index contributed by atoms with van der Waals surface area (Å²) in [6.07, 6.45) is 67.7. The molecule has 420 valence electrons. The van der Waals surface area contributed by atoms with Gasteiger partial charge in [0.25, 0.3) is 0 Å². The minimum absolute atomic E-state index is 0.0734. The van der Waals surface area contributed by atoms with E-state index < -0.39 is 57.8 Å². The summed E-state index contributed by atoms with van der Waals surface area (Å²) in [4.78, 5) is 48.4. The average Bonchev–Trinajstić information content (AvgIpc) is 3.39. The predicted octanol–water partition coefficient (Wildman–Crippen LogP) is 16.8. The lowest BCUT2D eigenvalue weighted by atomic mass is 10.1. The Labute approximate surface area is 449 Å². The summed E-state index contributed by atoms with van der Waals surface area (Å²) in [5.74, 6) is -1.67. The van der Waals surface area contributed by atoms with E-state index >= 15 is 0 Å². The van der Waals surface area contributed by atoms with E-state index in [0.29, 0.717) is 19.3 Å². The van der Waals surface area contributed by atoms with E-state index in [2.05, 4.69) is 118 Å². The molecule has 74 heavy (non-hydrogen) atoms. The maximum absolute atomic E-state index is 12.9. The Morgan fingerprint density at radius 1 is 0.405 bits per heavy atom. The lowest BCUT2D eigenvalue weighted by Gasteiger charge is -2.21. The first-order valence-corrected chi connectivity index (χ1v) is 29.9. The van der Waals surface area contributed by atoms with Gasteiger partial charge in [-0.05, 0) is 109 Å². The van der Waals surface area contributed by atoms with Gasteiger partial charge in [-0.15, -0.1) is 0 Å². The van der Waals surface area contributed by atoms with Gasteiger partial charge in [-0.1, -0.05) is 206 Å². The van der Waals surface area contributed by atoms with E-state index in [4.69, 9.17) is 23.3 Å². The molecular weight excluding hydrogens is 952 g/mol. The fraction of sp³-hybridized carbons (Fsp3) is 0.629. The molecule has 0 spiro atoms. The van der Waals surface area contributed by atoms with Gasteiger partial charge < -0.3 is 24.2 Å². The molecule has 0 aromatic carbocycles. The lowest BCUT2D eigenvalue weighted by molar-refractivity contribution is -0.160. The number of esters is 3. The number of carbonyl (C=O) groups excluding carboxylic acids is 3. The van der Waals surface area contributed by atoms with Crippen LogP contribution in [0.3, 0.4) is 0 Å². The molecule has 0 amide bonds. The number of aliphatic hydroxyl groups excluding tert-OH is 1. The van der Waals surface area contributed by atoms with Crippen molar-refractivity contribution in [2.24, 2.45) is 0 Å². The van der Waals surface area contributed by atoms with Crippen molar-refractivity contribution in [1.82, 2.24) is 0 Å². The summed E-state index contributed by atoms with van der Waals surface area (Å²) in [7, 11) is -4.79. The summed E-state index contributed by atoms with van der Waals surface area (Å²) in [6.45, 7) is 4.22. The topological polar surface area (TPSA) is 155 Å². The number of unbranched alkanes of at least 4 members (excludes halogenated alkanes) is 15. The standard InChI is InChI=1S/C62H101O11P/c1-4-7-10-13-16-19-22-25-27-28-29-30-32-34-36-39-42-45-48-51-60(64)69-55-59(73-62(66)53-50-47-44-41-38-35-31-26-23-20-17-14-11-8-5-2)57-71-74(67,68)70-56-58(54-63)72-61(65)52-49-46-43-40-37-33-24-21-18-15-12-9-6-3/h8-9,11-12,16-21,25-27,31,33,37-38,41,47,50,58-59,63H,4-7,10,13-15,22-24,28-30,32,34-36,39-40,42-46,48-49,51-57H2,1-3H3,(H,67,68)/b11-8-,12-9-,19-16-,20-17-,21-18-,27-25-,31-26-,37-33-,41-38-,50-47-. The number of aliphatic hydroxyl groups is 1. The third kappa shape index (κ3) is 52.7. The Balaban J connectivity index is 4.85. The summed E-state index contributed by atoms with van der Waals surface area (Å²) in [5, 5.41) is 9.79. The molecule has 0 saturated carbocycles. The molecule has 0 saturated heterocycles. The van der Waals surface area contributed by atoms with Crippen LogP contribution in [0.15, 0.2) is 122 Å². The fourth-order valence-corrected chi connectivity index (χ4v) is 7.91. The smallest absolute Gasteiger partial charge is 0.462 e. The van der Waals surface area contributed by atoms with Crippen molar-refractivity contribution in [3.63, 3.8) is 0 Å². The highest BCUT2D eigenvalue weighted by atomic mass is 31.2. The first kappa shape index (κ1) is 69.9. The van der Waals surface area contributed by atoms with Gasteiger partial charge in [-0.3, -0.25) is 23.4 Å². The number of phosphoric ester groups is 1. The first-order chi connectivity index (χ1) is 36.2. The molecule has 0 rings (SSSR count). The van der Waals surface area contributed by atoms with E-state index in [0.717, 1.165) is 96.3 Å². The van der Waals surface area contributed by atoms with Gasteiger partial charge in [0, 0.05) is 12.8 Å². The number of carbonyl (C=O) groups is 3. The molecule has 0 fully saturated rings. The highest BCUT2D eigenvalue weighted by molar-refractivity contribution is 7.47. The number of phosphoric acid groups is 1. The second kappa shape index (κ2) is 55.1. The average molecular weight is 1050 g/mol. The number of rotatable bonds is 51. The molecule has 0 aliphatic heterocycles. The summed E-state index contributed by atoms with van der Waals surface area (Å²) in [6, 6.07) is 0. The lowest BCUT2D eigenvalue weighted by Crippen LogP contribution is -2.30. The second-order valence-corrected chi connectivity index (χ2v) is 19.8. The van der Waals surface area contributed by atoms with Crippen LogP contribution in [0.4, 0.5) is 0 Å². The molecule has 0 heterocycles. The number of ether oxygens (including phenoxy) is 3. The van der Waals surface area contributed by atoms with Gasteiger partial charge >= 0.3 is 25.7 Å². The molecule has 0 bridgehead atoms. The van der Waals surface area contributed by atoms with Crippen molar-refractivity contribution in [2.75, 3.05) is 26.4 Å². The van der Waals surface area contributed by atoms with Crippen LogP contribution in [0.2, 0.25) is 0 Å². The molecule has 3 unspecified atom stereocenters. The SMILES string of the molecule is CC/C=C\C/C=C\C/C=C\C/C=C\C/C=C\CC(=O)OC(COC(=O)CCCCCCCCCCC/C=C\C/C=C\CCCCC)COP(=O)(O)OCC(CO)OC(=O)CCCCC/C=C\C/C=C\C/C=C\CC. The van der Waals surface area contributed by atoms with Gasteiger partial charge in [0.05, 0.1) is 26.2 Å². The van der Waals surface area contributed by atoms with Gasteiger partial charge in [-0.25, -0.2) is 4.57 Å². The van der Waals surface area contributed by atoms with Crippen LogP contribution < -0.4 is 0 Å². The zero-order valence-corrected chi connectivity index (χ0v) is 47.2. The minimum atomic E-state index is -4.79. The molecule has 0 aliphatic rings. The van der Waals surface area contributed by atoms with Crippen LogP contribution in [0.5, 0.6) is 0 Å². The van der Waals surface area contributed by atoms with Gasteiger partial charge in [0.1, 0.15) is 12.7 Å². The molecule has 2 N–H and O–H groups in total. The zero-order valence-electron chi connectivity index (χ0n) is 46.3. The number of hydrogen-bond acceptors (Lipinski definition) is 10. The maximum atomic E-state index is 12.9. The van der Waals surface area contributed by atoms with E-state index in [9.17, 15) is 28.9 Å². The molecular formula is C62H101O11P. The molecule has 3 atom stereocenters. The highest BCUT2D eigenvalue weighted by Crippen LogP contribution is 2.43. The summed E-state index contributed by atoms with van der Waals surface area (Å²) in [5.41, 5.74) is 0. The van der Waals surface area contributed by atoms with Crippen molar-refractivity contribution in [3.05, 3.63) is 122 Å². The summed E-state index contributed by atoms with van der Waals surface area (Å²) >= 11 is 0. The Kier molecular flexibility index (Phi) is 52.1. The normalized spacial score (nSPS) is 14.3. The molecule has 0 radical (unpaired) electrons. The van der Waals surface area contributed by atoms with Crippen molar-refractivity contribution in [1.29, 1.82) is 0 Å². The maximum Gasteiger partial charge on any atom is 0.472 e. The fourth-order valence-electron chi connectivity index (χ4n) is 7.12. The van der Waals surface area contributed by atoms with Crippen LogP contribution >= 0.6 is 7.82 Å². The first-order valence-electron chi connectivity index (χ1n) is 28.4. The zero-order chi connectivity index (χ0) is 54.1. The Hall–Kier alpha value is -4.12. The van der Waals surface area contributed by atoms with Gasteiger partial charge in [-0.2, -0.15) is 0 Å². The number of allylic oxidation sites excluding steroid dienone is 19. The molecule has 0 aliphatic carbocycles. The third-order valence-corrected chi connectivity index (χ3v) is 12.3. The van der Waals surface area contributed by atoms with Crippen LogP contribution in [0, 0.1) is 0 Å². The van der Waals surface area contributed by atoms with E-state index in [1.54, 1.807) is 6.08 Å². The molecule has 0 aromatic rings. The Morgan fingerprint density at radius 2 is 0.757 bits per heavy atom. The quantitative estimate of drug-likeness (QED) is 0.0197. The highest BCUT2D eigenvalue weighted by Gasteiger charge is 2.28. The van der Waals surface area contributed by atoms with E-state index in [-0.39, 0.29) is 25.9 Å². The van der Waals surface area contributed by atoms with Gasteiger partial charge in [0.15, 0.2) is 6.10 Å². The van der Waals surface area contributed by atoms with Crippen LogP contribution in [0.25, 0.3) is 0 Å². The molecule has 11 nitrogen and oxygen atoms in total. The van der Waals surface area contributed by atoms with Crippen molar-refractivity contribution >= 4 is 25.7 Å². The third-order valence-electron chi connectivity index (χ3n) is 11.4. The van der Waals surface area contributed by atoms with Crippen molar-refractivity contribution in [3.8, 4) is 0 Å². The second-order valence-electron chi connectivity index (χ2n) is 18.3. The van der Waals surface area contributed by atoms with E-state index in [1.807, 2.05) is 18.2 Å². The molecule has 0 aromatic heterocycles. The Morgan fingerprint density at radius 3 is 1.20 bits per heavy atom. The minimum Gasteiger partial charge on any atom is -0.462 e. The van der Waals surface area contributed by atoms with Crippen molar-refractivity contribution in [2.45, 2.75) is 226 Å². The monoisotopic (exact) mass is 1050 g/mol. The number of hydrogen-bond donors (Lipinski definition) is 2. The summed E-state index contributed by atoms with van der Waals surface area (Å²) < 4.78 is 39.3. The molecule has 12 heteroatoms. The van der Waals surface area contributed by atoms with Crippen LogP contribution in [-0.2, 0) is 42.2 Å².